The molecule has 1 saturated heterocycles. The number of halogens is 1. The molecule has 2 aromatic rings. The van der Waals surface area contributed by atoms with Crippen molar-refractivity contribution in [1.82, 2.24) is 14.6 Å². The second-order valence-electron chi connectivity index (χ2n) is 7.06. The lowest BCUT2D eigenvalue weighted by atomic mass is 9.82. The van der Waals surface area contributed by atoms with Gasteiger partial charge in [-0.25, -0.2) is 9.78 Å². The summed E-state index contributed by atoms with van der Waals surface area (Å²) in [5.74, 6) is -0.669. The zero-order valence-electron chi connectivity index (χ0n) is 14.0. The third-order valence-corrected chi connectivity index (χ3v) is 5.09. The molecule has 0 radical (unpaired) electrons. The molecule has 7 nitrogen and oxygen atoms in total. The summed E-state index contributed by atoms with van der Waals surface area (Å²) in [6, 6.07) is 1.78. The fraction of sp³-hybridized carbons (Fsp3) is 0.562. The molecule has 3 heterocycles. The molecule has 0 amide bonds. The number of rotatable bonds is 3. The second kappa shape index (κ2) is 6.00. The van der Waals surface area contributed by atoms with Gasteiger partial charge in [-0.05, 0) is 41.1 Å². The van der Waals surface area contributed by atoms with Crippen molar-refractivity contribution in [3.8, 4) is 0 Å². The molecule has 1 aliphatic heterocycles. The van der Waals surface area contributed by atoms with Crippen molar-refractivity contribution in [2.75, 3.05) is 18.0 Å². The maximum absolute atomic E-state index is 11.4. The van der Waals surface area contributed by atoms with Gasteiger partial charge in [0.2, 0.25) is 0 Å². The molecule has 1 atom stereocenters. The van der Waals surface area contributed by atoms with Crippen molar-refractivity contribution in [3.63, 3.8) is 0 Å². The number of aromatic nitrogens is 3. The third kappa shape index (κ3) is 3.00. The largest absolute Gasteiger partial charge is 0.479 e. The number of nitrogens with zero attached hydrogens (tertiary/aromatic N) is 4. The van der Waals surface area contributed by atoms with E-state index < -0.39 is 12.1 Å². The van der Waals surface area contributed by atoms with Crippen molar-refractivity contribution in [2.45, 2.75) is 39.7 Å². The fourth-order valence-electron chi connectivity index (χ4n) is 3.16. The van der Waals surface area contributed by atoms with E-state index in [0.29, 0.717) is 27.3 Å². The first kappa shape index (κ1) is 17.2. The van der Waals surface area contributed by atoms with E-state index in [0.717, 1.165) is 25.9 Å². The number of carboxylic acids is 1. The van der Waals surface area contributed by atoms with Crippen molar-refractivity contribution >= 4 is 33.4 Å². The molecule has 1 aliphatic rings. The predicted molar refractivity (Wildman–Crippen MR) is 93.2 cm³/mol. The first-order chi connectivity index (χ1) is 11.2. The van der Waals surface area contributed by atoms with Crippen LogP contribution in [0.3, 0.4) is 0 Å². The molecule has 8 heteroatoms. The van der Waals surface area contributed by atoms with Crippen LogP contribution in [0.1, 0.15) is 44.1 Å². The minimum absolute atomic E-state index is 0.258. The van der Waals surface area contributed by atoms with Gasteiger partial charge in [0.15, 0.2) is 11.8 Å². The number of carbonyl (C=O) groups is 1. The van der Waals surface area contributed by atoms with Crippen LogP contribution in [0, 0.1) is 12.3 Å². The van der Waals surface area contributed by atoms with Gasteiger partial charge in [-0.1, -0.05) is 13.8 Å². The number of aliphatic hydroxyl groups excluding tert-OH is 1. The molecule has 3 rings (SSSR count). The molecule has 0 spiro atoms. The zero-order chi connectivity index (χ0) is 17.6. The maximum atomic E-state index is 11.4. The molecule has 0 bridgehead atoms. The molecule has 1 unspecified atom stereocenters. The molecule has 2 aromatic heterocycles. The standard InChI is InChI=1S/C16H21BrN4O3/c1-9-12(13(22)15(23)24)14(20-6-4-16(2,3)5-7-20)21-11(18-9)8-10(17)19-21/h8,13,22H,4-7H2,1-3H3,(H,23,24). The van der Waals surface area contributed by atoms with Gasteiger partial charge in [-0.2, -0.15) is 9.61 Å². The summed E-state index contributed by atoms with van der Waals surface area (Å²) in [4.78, 5) is 17.9. The summed E-state index contributed by atoms with van der Waals surface area (Å²) in [5.41, 5.74) is 1.70. The van der Waals surface area contributed by atoms with Crippen molar-refractivity contribution in [2.24, 2.45) is 5.41 Å². The van der Waals surface area contributed by atoms with Gasteiger partial charge in [0.1, 0.15) is 10.4 Å². The Morgan fingerprint density at radius 3 is 2.58 bits per heavy atom. The molecular formula is C16H21BrN4O3. The van der Waals surface area contributed by atoms with Gasteiger partial charge < -0.3 is 15.1 Å². The van der Waals surface area contributed by atoms with Crippen molar-refractivity contribution in [3.05, 3.63) is 21.9 Å². The Morgan fingerprint density at radius 1 is 1.38 bits per heavy atom. The average Bonchev–Trinajstić information content (AvgIpc) is 2.85. The number of aliphatic carboxylic acids is 1. The SMILES string of the molecule is Cc1nc2cc(Br)nn2c(N2CCC(C)(C)CC2)c1C(O)C(=O)O. The van der Waals surface area contributed by atoms with E-state index in [4.69, 9.17) is 0 Å². The molecule has 130 valence electrons. The normalized spacial score (nSPS) is 18.8. The molecular weight excluding hydrogens is 376 g/mol. The Bertz CT molecular complexity index is 792. The number of hydrogen-bond donors (Lipinski definition) is 2. The first-order valence-electron chi connectivity index (χ1n) is 7.91. The van der Waals surface area contributed by atoms with Gasteiger partial charge >= 0.3 is 5.97 Å². The number of hydrogen-bond acceptors (Lipinski definition) is 5. The lowest BCUT2D eigenvalue weighted by Gasteiger charge is -2.39. The van der Waals surface area contributed by atoms with Crippen LogP contribution in [0.5, 0.6) is 0 Å². The minimum atomic E-state index is -1.63. The molecule has 0 saturated carbocycles. The predicted octanol–water partition coefficient (Wildman–Crippen LogP) is 2.54. The zero-order valence-corrected chi connectivity index (χ0v) is 15.5. The van der Waals surface area contributed by atoms with Crippen molar-refractivity contribution < 1.29 is 15.0 Å². The lowest BCUT2D eigenvalue weighted by molar-refractivity contribution is -0.147. The Morgan fingerprint density at radius 2 is 2.00 bits per heavy atom. The first-order valence-corrected chi connectivity index (χ1v) is 8.70. The summed E-state index contributed by atoms with van der Waals surface area (Å²) in [6.07, 6.45) is 0.344. The Kier molecular flexibility index (Phi) is 4.29. The van der Waals surface area contributed by atoms with Crippen LogP contribution in [0.25, 0.3) is 5.65 Å². The summed E-state index contributed by atoms with van der Waals surface area (Å²) < 4.78 is 2.24. The summed E-state index contributed by atoms with van der Waals surface area (Å²) in [6.45, 7) is 7.75. The number of carboxylic acid groups (broad SMARTS) is 1. The van der Waals surface area contributed by atoms with Crippen LogP contribution in [0.4, 0.5) is 5.82 Å². The van der Waals surface area contributed by atoms with Gasteiger partial charge in [0, 0.05) is 24.8 Å². The van der Waals surface area contributed by atoms with Crippen LogP contribution >= 0.6 is 15.9 Å². The van der Waals surface area contributed by atoms with Crippen LogP contribution in [0.2, 0.25) is 0 Å². The van der Waals surface area contributed by atoms with Gasteiger partial charge in [0.25, 0.3) is 0 Å². The average molecular weight is 397 g/mol. The molecule has 2 N–H and O–H groups in total. The Balaban J connectivity index is 2.18. The van der Waals surface area contributed by atoms with E-state index in [9.17, 15) is 15.0 Å². The van der Waals surface area contributed by atoms with E-state index in [1.54, 1.807) is 17.5 Å². The van der Waals surface area contributed by atoms with E-state index in [1.807, 2.05) is 0 Å². The fourth-order valence-corrected chi connectivity index (χ4v) is 3.52. The number of piperidine rings is 1. The van der Waals surface area contributed by atoms with E-state index in [-0.39, 0.29) is 5.41 Å². The van der Waals surface area contributed by atoms with E-state index in [2.05, 4.69) is 44.8 Å². The molecule has 1 fully saturated rings. The van der Waals surface area contributed by atoms with Gasteiger partial charge in [-0.15, -0.1) is 0 Å². The highest BCUT2D eigenvalue weighted by Crippen LogP contribution is 2.36. The number of aliphatic hydroxyl groups is 1. The highest BCUT2D eigenvalue weighted by molar-refractivity contribution is 9.10. The smallest absolute Gasteiger partial charge is 0.337 e. The number of aryl methyl sites for hydroxylation is 1. The van der Waals surface area contributed by atoms with Crippen LogP contribution in [0.15, 0.2) is 10.7 Å². The third-order valence-electron chi connectivity index (χ3n) is 4.70. The molecule has 0 aromatic carbocycles. The number of fused-ring (bicyclic) bond motifs is 1. The highest BCUT2D eigenvalue weighted by atomic mass is 79.9. The Labute approximate surface area is 148 Å². The second-order valence-corrected chi connectivity index (χ2v) is 7.88. The van der Waals surface area contributed by atoms with Crippen LogP contribution in [-0.2, 0) is 4.79 Å². The monoisotopic (exact) mass is 396 g/mol. The van der Waals surface area contributed by atoms with Crippen molar-refractivity contribution in [1.29, 1.82) is 0 Å². The van der Waals surface area contributed by atoms with Crippen LogP contribution < -0.4 is 4.90 Å². The summed E-state index contributed by atoms with van der Waals surface area (Å²) >= 11 is 3.35. The van der Waals surface area contributed by atoms with Gasteiger partial charge in [-0.3, -0.25) is 0 Å². The quantitative estimate of drug-likeness (QED) is 0.827. The molecule has 0 aliphatic carbocycles. The van der Waals surface area contributed by atoms with Gasteiger partial charge in [0.05, 0.1) is 5.56 Å². The molecule has 24 heavy (non-hydrogen) atoms. The lowest BCUT2D eigenvalue weighted by Crippen LogP contribution is -2.39. The Hall–Kier alpha value is -1.67. The minimum Gasteiger partial charge on any atom is -0.479 e. The summed E-state index contributed by atoms with van der Waals surface area (Å²) in [7, 11) is 0. The van der Waals surface area contributed by atoms with E-state index >= 15 is 0 Å². The summed E-state index contributed by atoms with van der Waals surface area (Å²) in [5, 5.41) is 23.9. The maximum Gasteiger partial charge on any atom is 0.337 e. The van der Waals surface area contributed by atoms with Crippen LogP contribution in [-0.4, -0.2) is 43.9 Å². The number of anilines is 1. The van der Waals surface area contributed by atoms with E-state index in [1.165, 1.54) is 0 Å². The highest BCUT2D eigenvalue weighted by Gasteiger charge is 2.32. The topological polar surface area (TPSA) is 91.0 Å².